The highest BCUT2D eigenvalue weighted by Crippen LogP contribution is 2.19. The molecular formula is C22H28N6O8. The molecule has 0 aliphatic carbocycles. The summed E-state index contributed by atoms with van der Waals surface area (Å²) in [7, 11) is 0. The van der Waals surface area contributed by atoms with Gasteiger partial charge in [-0.2, -0.15) is 0 Å². The molecule has 0 bridgehead atoms. The number of hydrogen-bond acceptors (Lipinski definition) is 7. The van der Waals surface area contributed by atoms with Crippen LogP contribution in [0.3, 0.4) is 0 Å². The number of carbonyl (C=O) groups excluding carboxylic acids is 4. The van der Waals surface area contributed by atoms with Crippen molar-refractivity contribution in [1.82, 2.24) is 20.9 Å². The molecule has 10 N–H and O–H groups in total. The van der Waals surface area contributed by atoms with Gasteiger partial charge in [0.15, 0.2) is 0 Å². The minimum atomic E-state index is -1.68. The van der Waals surface area contributed by atoms with E-state index in [2.05, 4.69) is 20.9 Å². The van der Waals surface area contributed by atoms with Crippen molar-refractivity contribution in [2.75, 3.05) is 6.54 Å². The Labute approximate surface area is 204 Å². The summed E-state index contributed by atoms with van der Waals surface area (Å²) in [6.45, 7) is -0.420. The summed E-state index contributed by atoms with van der Waals surface area (Å²) in [5.41, 5.74) is 11.8. The Morgan fingerprint density at radius 1 is 0.917 bits per heavy atom. The molecule has 14 nitrogen and oxygen atoms in total. The number of aliphatic carboxylic acids is 2. The average Bonchev–Trinajstić information content (AvgIpc) is 3.22. The number of fused-ring (bicyclic) bond motifs is 1. The first-order chi connectivity index (χ1) is 17.0. The van der Waals surface area contributed by atoms with E-state index in [1.807, 2.05) is 12.1 Å². The molecule has 0 aliphatic rings. The van der Waals surface area contributed by atoms with Gasteiger partial charge in [-0.3, -0.25) is 24.0 Å². The molecule has 0 radical (unpaired) electrons. The van der Waals surface area contributed by atoms with Crippen LogP contribution in [-0.4, -0.2) is 75.4 Å². The summed E-state index contributed by atoms with van der Waals surface area (Å²) in [5.74, 6) is -6.35. The molecule has 1 aromatic carbocycles. The second-order valence-electron chi connectivity index (χ2n) is 7.95. The molecular weight excluding hydrogens is 476 g/mol. The topological polar surface area (TPSA) is 247 Å². The number of carbonyl (C=O) groups is 6. The third-order valence-electron chi connectivity index (χ3n) is 5.24. The molecule has 3 unspecified atom stereocenters. The number of carboxylic acids is 2. The van der Waals surface area contributed by atoms with Crippen LogP contribution in [-0.2, 0) is 35.2 Å². The van der Waals surface area contributed by atoms with Gasteiger partial charge in [-0.05, 0) is 18.1 Å². The predicted octanol–water partition coefficient (Wildman–Crippen LogP) is -2.05. The quantitative estimate of drug-likeness (QED) is 0.141. The number of aromatic nitrogens is 1. The van der Waals surface area contributed by atoms with Crippen LogP contribution >= 0.6 is 0 Å². The van der Waals surface area contributed by atoms with E-state index >= 15 is 0 Å². The zero-order valence-electron chi connectivity index (χ0n) is 19.2. The van der Waals surface area contributed by atoms with Crippen LogP contribution in [0.5, 0.6) is 0 Å². The summed E-state index contributed by atoms with van der Waals surface area (Å²) in [4.78, 5) is 74.5. The Kier molecular flexibility index (Phi) is 9.92. The van der Waals surface area contributed by atoms with E-state index in [4.69, 9.17) is 11.5 Å². The molecule has 0 saturated carbocycles. The van der Waals surface area contributed by atoms with Gasteiger partial charge in [0.25, 0.3) is 0 Å². The maximum atomic E-state index is 13.1. The minimum Gasteiger partial charge on any atom is -0.481 e. The molecule has 3 atom stereocenters. The molecule has 0 aliphatic heterocycles. The molecule has 1 aromatic heterocycles. The Bertz CT molecular complexity index is 1150. The predicted molar refractivity (Wildman–Crippen MR) is 125 cm³/mol. The first-order valence-electron chi connectivity index (χ1n) is 10.9. The van der Waals surface area contributed by atoms with Gasteiger partial charge in [0, 0.05) is 29.9 Å². The molecule has 2 aromatic rings. The smallest absolute Gasteiger partial charge is 0.326 e. The zero-order chi connectivity index (χ0) is 26.8. The van der Waals surface area contributed by atoms with Crippen LogP contribution in [0.1, 0.15) is 24.8 Å². The summed E-state index contributed by atoms with van der Waals surface area (Å²) >= 11 is 0. The Hall–Kier alpha value is -4.46. The Balaban J connectivity index is 2.23. The van der Waals surface area contributed by atoms with Crippen molar-refractivity contribution >= 4 is 46.5 Å². The van der Waals surface area contributed by atoms with Crippen molar-refractivity contribution in [1.29, 1.82) is 0 Å². The number of carboxylic acid groups (broad SMARTS) is 2. The number of nitrogens with one attached hydrogen (secondary N) is 4. The number of aromatic amines is 1. The standard InChI is InChI=1S/C22H28N6O8/c23-9-18(30)26-15(7-11-10-25-13-4-2-1-3-12(11)13)20(33)28-16(8-19(31)32)21(34)27-14(22(35)36)5-6-17(24)29/h1-4,10,14-16,25H,5-9,23H2,(H2,24,29)(H,26,30)(H,27,34)(H,28,33)(H,31,32)(H,35,36). The molecule has 4 amide bonds. The van der Waals surface area contributed by atoms with Gasteiger partial charge in [0.1, 0.15) is 18.1 Å². The number of para-hydroxylation sites is 1. The van der Waals surface area contributed by atoms with Crippen molar-refractivity contribution in [2.24, 2.45) is 11.5 Å². The lowest BCUT2D eigenvalue weighted by Crippen LogP contribution is -2.57. The van der Waals surface area contributed by atoms with Crippen molar-refractivity contribution in [3.8, 4) is 0 Å². The molecule has 14 heteroatoms. The van der Waals surface area contributed by atoms with Gasteiger partial charge in [-0.15, -0.1) is 0 Å². The monoisotopic (exact) mass is 504 g/mol. The summed E-state index contributed by atoms with van der Waals surface area (Å²) in [6, 6.07) is 2.78. The number of amides is 4. The van der Waals surface area contributed by atoms with Crippen LogP contribution in [0.25, 0.3) is 10.9 Å². The summed E-state index contributed by atoms with van der Waals surface area (Å²) in [5, 5.41) is 26.1. The molecule has 0 saturated heterocycles. The van der Waals surface area contributed by atoms with Crippen LogP contribution < -0.4 is 27.4 Å². The fourth-order valence-electron chi connectivity index (χ4n) is 3.46. The highest BCUT2D eigenvalue weighted by Gasteiger charge is 2.31. The van der Waals surface area contributed by atoms with E-state index in [1.165, 1.54) is 0 Å². The van der Waals surface area contributed by atoms with Crippen molar-refractivity contribution in [3.05, 3.63) is 36.0 Å². The van der Waals surface area contributed by atoms with Gasteiger partial charge < -0.3 is 42.6 Å². The van der Waals surface area contributed by atoms with Gasteiger partial charge in [0.05, 0.1) is 13.0 Å². The van der Waals surface area contributed by atoms with Crippen molar-refractivity contribution < 1.29 is 39.0 Å². The third kappa shape index (κ3) is 8.09. The molecule has 1 heterocycles. The lowest BCUT2D eigenvalue weighted by molar-refractivity contribution is -0.143. The van der Waals surface area contributed by atoms with E-state index in [0.717, 1.165) is 10.9 Å². The third-order valence-corrected chi connectivity index (χ3v) is 5.24. The Morgan fingerprint density at radius 2 is 1.56 bits per heavy atom. The van der Waals surface area contributed by atoms with E-state index < -0.39 is 66.7 Å². The van der Waals surface area contributed by atoms with Gasteiger partial charge in [0.2, 0.25) is 23.6 Å². The average molecular weight is 505 g/mol. The zero-order valence-corrected chi connectivity index (χ0v) is 19.2. The number of benzene rings is 1. The lowest BCUT2D eigenvalue weighted by Gasteiger charge is -2.23. The molecule has 194 valence electrons. The van der Waals surface area contributed by atoms with E-state index in [-0.39, 0.29) is 19.3 Å². The van der Waals surface area contributed by atoms with Gasteiger partial charge in [-0.1, -0.05) is 18.2 Å². The largest absolute Gasteiger partial charge is 0.481 e. The first kappa shape index (κ1) is 27.8. The van der Waals surface area contributed by atoms with Gasteiger partial charge in [-0.25, -0.2) is 4.79 Å². The van der Waals surface area contributed by atoms with Crippen molar-refractivity contribution in [3.63, 3.8) is 0 Å². The first-order valence-corrected chi connectivity index (χ1v) is 10.9. The highest BCUT2D eigenvalue weighted by molar-refractivity contribution is 5.96. The second-order valence-corrected chi connectivity index (χ2v) is 7.95. The molecule has 0 spiro atoms. The number of primary amides is 1. The summed E-state index contributed by atoms with van der Waals surface area (Å²) in [6.07, 6.45) is 0.0891. The number of H-pyrrole nitrogens is 1. The Morgan fingerprint density at radius 3 is 2.17 bits per heavy atom. The van der Waals surface area contributed by atoms with Crippen LogP contribution in [0.15, 0.2) is 30.5 Å². The van der Waals surface area contributed by atoms with E-state index in [1.54, 1.807) is 18.3 Å². The van der Waals surface area contributed by atoms with Crippen LogP contribution in [0.2, 0.25) is 0 Å². The number of hydrogen-bond donors (Lipinski definition) is 8. The van der Waals surface area contributed by atoms with E-state index in [9.17, 15) is 39.0 Å². The summed E-state index contributed by atoms with van der Waals surface area (Å²) < 4.78 is 0. The van der Waals surface area contributed by atoms with Crippen LogP contribution in [0.4, 0.5) is 0 Å². The highest BCUT2D eigenvalue weighted by atomic mass is 16.4. The maximum absolute atomic E-state index is 13.1. The maximum Gasteiger partial charge on any atom is 0.326 e. The fraction of sp³-hybridized carbons (Fsp3) is 0.364. The molecule has 2 rings (SSSR count). The normalized spacial score (nSPS) is 13.2. The fourth-order valence-corrected chi connectivity index (χ4v) is 3.46. The number of rotatable bonds is 14. The molecule has 36 heavy (non-hydrogen) atoms. The number of nitrogens with two attached hydrogens (primary N) is 2. The molecule has 0 fully saturated rings. The minimum absolute atomic E-state index is 0.0145. The van der Waals surface area contributed by atoms with E-state index in [0.29, 0.717) is 5.56 Å². The lowest BCUT2D eigenvalue weighted by atomic mass is 10.0. The second kappa shape index (κ2) is 12.9. The van der Waals surface area contributed by atoms with Crippen molar-refractivity contribution in [2.45, 2.75) is 43.8 Å². The SMILES string of the molecule is NCC(=O)NC(Cc1c[nH]c2ccccc12)C(=O)NC(CC(=O)O)C(=O)NC(CCC(N)=O)C(=O)O. The van der Waals surface area contributed by atoms with Gasteiger partial charge >= 0.3 is 11.9 Å². The van der Waals surface area contributed by atoms with Crippen LogP contribution in [0, 0.1) is 0 Å².